The molecule has 0 atom stereocenters. The van der Waals surface area contributed by atoms with Crippen molar-refractivity contribution in [2.75, 3.05) is 11.1 Å². The first-order valence-corrected chi connectivity index (χ1v) is 5.36. The zero-order chi connectivity index (χ0) is 14.0. The van der Waals surface area contributed by atoms with Gasteiger partial charge in [0.05, 0.1) is 16.9 Å². The second-order valence-corrected chi connectivity index (χ2v) is 3.89. The van der Waals surface area contributed by atoms with Crippen LogP contribution in [-0.4, -0.2) is 16.1 Å². The number of hydrogen-bond acceptors (Lipinski definition) is 4. The summed E-state index contributed by atoms with van der Waals surface area (Å²) in [7, 11) is 0. The van der Waals surface area contributed by atoms with Gasteiger partial charge in [-0.15, -0.1) is 0 Å². The Labute approximate surface area is 108 Å². The average molecular weight is 262 g/mol. The Hall–Kier alpha value is -2.76. The smallest absolute Gasteiger partial charge is 0.259 e. The Balaban J connectivity index is 2.28. The van der Waals surface area contributed by atoms with Crippen LogP contribution in [0.5, 0.6) is 11.5 Å². The number of benzene rings is 2. The lowest BCUT2D eigenvalue weighted by atomic mass is 10.1. The molecule has 0 fully saturated rings. The van der Waals surface area contributed by atoms with E-state index < -0.39 is 11.7 Å². The van der Waals surface area contributed by atoms with Crippen LogP contribution in [0.25, 0.3) is 0 Å². The van der Waals surface area contributed by atoms with Gasteiger partial charge in [-0.3, -0.25) is 4.79 Å². The Morgan fingerprint density at radius 3 is 2.58 bits per heavy atom. The van der Waals surface area contributed by atoms with Crippen LogP contribution in [-0.2, 0) is 0 Å². The fourth-order valence-electron chi connectivity index (χ4n) is 1.54. The molecule has 19 heavy (non-hydrogen) atoms. The first-order chi connectivity index (χ1) is 8.97. The van der Waals surface area contributed by atoms with Crippen LogP contribution in [0.1, 0.15) is 10.4 Å². The van der Waals surface area contributed by atoms with Crippen LogP contribution in [0.3, 0.4) is 0 Å². The van der Waals surface area contributed by atoms with Crippen LogP contribution >= 0.6 is 0 Å². The first-order valence-electron chi connectivity index (χ1n) is 5.36. The summed E-state index contributed by atoms with van der Waals surface area (Å²) in [5, 5.41) is 21.2. The summed E-state index contributed by atoms with van der Waals surface area (Å²) in [5.74, 6) is -1.62. The number of phenolic OH excluding ortho intramolecular Hbond substituents is 2. The number of anilines is 2. The van der Waals surface area contributed by atoms with Crippen LogP contribution in [0.4, 0.5) is 15.8 Å². The average Bonchev–Trinajstić information content (AvgIpc) is 2.35. The number of halogens is 1. The fourth-order valence-corrected chi connectivity index (χ4v) is 1.54. The Morgan fingerprint density at radius 2 is 1.89 bits per heavy atom. The number of carbonyl (C=O) groups is 1. The molecule has 0 spiro atoms. The van der Waals surface area contributed by atoms with Crippen molar-refractivity contribution in [1.29, 1.82) is 0 Å². The van der Waals surface area contributed by atoms with E-state index in [4.69, 9.17) is 5.73 Å². The Morgan fingerprint density at radius 1 is 1.16 bits per heavy atom. The van der Waals surface area contributed by atoms with E-state index in [-0.39, 0.29) is 28.4 Å². The van der Waals surface area contributed by atoms with Gasteiger partial charge in [-0.1, -0.05) is 0 Å². The van der Waals surface area contributed by atoms with Crippen molar-refractivity contribution < 1.29 is 19.4 Å². The molecule has 2 aromatic carbocycles. The lowest BCUT2D eigenvalue weighted by Gasteiger charge is -2.09. The molecular formula is C13H11FN2O3. The zero-order valence-corrected chi connectivity index (χ0v) is 9.72. The summed E-state index contributed by atoms with van der Waals surface area (Å²) >= 11 is 0. The van der Waals surface area contributed by atoms with E-state index in [1.165, 1.54) is 18.2 Å². The SMILES string of the molecule is Nc1cc(F)ccc1NC(=O)c1cc(O)ccc1O. The molecule has 2 aromatic rings. The third kappa shape index (κ3) is 2.74. The second kappa shape index (κ2) is 4.85. The highest BCUT2D eigenvalue weighted by Crippen LogP contribution is 2.25. The number of nitrogens with two attached hydrogens (primary N) is 1. The molecule has 0 saturated carbocycles. The van der Waals surface area contributed by atoms with Crippen molar-refractivity contribution in [2.45, 2.75) is 0 Å². The molecule has 0 aromatic heterocycles. The number of aromatic hydroxyl groups is 2. The van der Waals surface area contributed by atoms with E-state index in [1.54, 1.807) is 0 Å². The molecule has 0 unspecified atom stereocenters. The van der Waals surface area contributed by atoms with Crippen LogP contribution < -0.4 is 11.1 Å². The summed E-state index contributed by atoms with van der Waals surface area (Å²) < 4.78 is 12.9. The summed E-state index contributed by atoms with van der Waals surface area (Å²) in [5.41, 5.74) is 5.72. The van der Waals surface area contributed by atoms with Gasteiger partial charge in [0.2, 0.25) is 0 Å². The molecule has 0 heterocycles. The maximum absolute atomic E-state index is 12.9. The van der Waals surface area contributed by atoms with E-state index in [0.29, 0.717) is 0 Å². The maximum Gasteiger partial charge on any atom is 0.259 e. The molecule has 0 radical (unpaired) electrons. The number of amides is 1. The molecule has 1 amide bonds. The molecule has 0 aliphatic heterocycles. The molecule has 0 bridgehead atoms. The van der Waals surface area contributed by atoms with E-state index in [9.17, 15) is 19.4 Å². The number of rotatable bonds is 2. The highest BCUT2D eigenvalue weighted by atomic mass is 19.1. The van der Waals surface area contributed by atoms with E-state index in [0.717, 1.165) is 18.2 Å². The maximum atomic E-state index is 12.9. The first kappa shape index (κ1) is 12.7. The molecular weight excluding hydrogens is 251 g/mol. The third-order valence-electron chi connectivity index (χ3n) is 2.49. The number of nitrogens with one attached hydrogen (secondary N) is 1. The second-order valence-electron chi connectivity index (χ2n) is 3.89. The Bertz CT molecular complexity index is 644. The quantitative estimate of drug-likeness (QED) is 0.492. The third-order valence-corrected chi connectivity index (χ3v) is 2.49. The number of carbonyl (C=O) groups excluding carboxylic acids is 1. The van der Waals surface area contributed by atoms with Crippen LogP contribution in [0.2, 0.25) is 0 Å². The number of nitrogen functional groups attached to an aromatic ring is 1. The summed E-state index contributed by atoms with van der Waals surface area (Å²) in [6.45, 7) is 0. The normalized spacial score (nSPS) is 10.2. The summed E-state index contributed by atoms with van der Waals surface area (Å²) in [4.78, 5) is 11.9. The minimum absolute atomic E-state index is 0.0630. The predicted molar refractivity (Wildman–Crippen MR) is 68.5 cm³/mol. The van der Waals surface area contributed by atoms with Gasteiger partial charge in [0, 0.05) is 0 Å². The lowest BCUT2D eigenvalue weighted by molar-refractivity contribution is 0.102. The van der Waals surface area contributed by atoms with Crippen LogP contribution in [0, 0.1) is 5.82 Å². The molecule has 5 nitrogen and oxygen atoms in total. The molecule has 98 valence electrons. The highest BCUT2D eigenvalue weighted by molar-refractivity contribution is 6.07. The van der Waals surface area contributed by atoms with Gasteiger partial charge in [0.25, 0.3) is 5.91 Å². The Kier molecular flexibility index (Phi) is 3.24. The number of phenols is 2. The standard InChI is InChI=1S/C13H11FN2O3/c14-7-1-3-11(10(15)5-7)16-13(19)9-6-8(17)2-4-12(9)18/h1-6,17-18H,15H2,(H,16,19). The van der Waals surface area contributed by atoms with E-state index >= 15 is 0 Å². The van der Waals surface area contributed by atoms with Gasteiger partial charge in [-0.05, 0) is 36.4 Å². The minimum Gasteiger partial charge on any atom is -0.508 e. The van der Waals surface area contributed by atoms with Crippen LogP contribution in [0.15, 0.2) is 36.4 Å². The molecule has 0 aliphatic rings. The topological polar surface area (TPSA) is 95.6 Å². The van der Waals surface area contributed by atoms with Gasteiger partial charge in [-0.25, -0.2) is 4.39 Å². The van der Waals surface area contributed by atoms with Gasteiger partial charge < -0.3 is 21.3 Å². The zero-order valence-electron chi connectivity index (χ0n) is 9.72. The van der Waals surface area contributed by atoms with Gasteiger partial charge >= 0.3 is 0 Å². The predicted octanol–water partition coefficient (Wildman–Crippen LogP) is 2.07. The van der Waals surface area contributed by atoms with Crippen molar-refractivity contribution in [3.05, 3.63) is 47.8 Å². The van der Waals surface area contributed by atoms with Crippen molar-refractivity contribution >= 4 is 17.3 Å². The largest absolute Gasteiger partial charge is 0.508 e. The lowest BCUT2D eigenvalue weighted by Crippen LogP contribution is -2.13. The molecule has 5 N–H and O–H groups in total. The molecule has 0 aliphatic carbocycles. The number of hydrogen-bond donors (Lipinski definition) is 4. The highest BCUT2D eigenvalue weighted by Gasteiger charge is 2.13. The van der Waals surface area contributed by atoms with Gasteiger partial charge in [-0.2, -0.15) is 0 Å². The van der Waals surface area contributed by atoms with E-state index in [1.807, 2.05) is 0 Å². The monoisotopic (exact) mass is 262 g/mol. The summed E-state index contributed by atoms with van der Waals surface area (Å²) in [6, 6.07) is 7.08. The molecule has 6 heteroatoms. The van der Waals surface area contributed by atoms with E-state index in [2.05, 4.69) is 5.32 Å². The van der Waals surface area contributed by atoms with Gasteiger partial charge in [0.1, 0.15) is 17.3 Å². The molecule has 0 saturated heterocycles. The summed E-state index contributed by atoms with van der Waals surface area (Å²) in [6.07, 6.45) is 0. The molecule has 2 rings (SSSR count). The van der Waals surface area contributed by atoms with Crippen molar-refractivity contribution in [1.82, 2.24) is 0 Å². The fraction of sp³-hybridized carbons (Fsp3) is 0. The van der Waals surface area contributed by atoms with Crippen molar-refractivity contribution in [3.63, 3.8) is 0 Å². The van der Waals surface area contributed by atoms with Gasteiger partial charge in [0.15, 0.2) is 0 Å². The minimum atomic E-state index is -0.660. The van der Waals surface area contributed by atoms with Crippen molar-refractivity contribution in [2.24, 2.45) is 0 Å². The van der Waals surface area contributed by atoms with Crippen molar-refractivity contribution in [3.8, 4) is 11.5 Å².